The van der Waals surface area contributed by atoms with Crippen LogP contribution in [0, 0.1) is 40.4 Å². The molecule has 7 atom stereocenters. The van der Waals surface area contributed by atoms with Gasteiger partial charge in [0.15, 0.2) is 10.1 Å². The number of halogens is 4. The highest BCUT2D eigenvalue weighted by atomic mass is 32.2. The zero-order valence-electron chi connectivity index (χ0n) is 21.9. The van der Waals surface area contributed by atoms with Crippen molar-refractivity contribution < 1.29 is 54.4 Å². The van der Waals surface area contributed by atoms with E-state index in [0.29, 0.717) is 38.5 Å². The van der Waals surface area contributed by atoms with E-state index < -0.39 is 45.7 Å². The van der Waals surface area contributed by atoms with Crippen LogP contribution in [0.5, 0.6) is 0 Å². The number of alkyl halides is 4. The van der Waals surface area contributed by atoms with Crippen LogP contribution in [-0.4, -0.2) is 54.1 Å². The quantitative estimate of drug-likeness (QED) is 0.238. The van der Waals surface area contributed by atoms with Crippen LogP contribution < -0.4 is 0 Å². The summed E-state index contributed by atoms with van der Waals surface area (Å²) in [6.07, 6.45) is 1.21. The first kappa shape index (κ1) is 30.1. The van der Waals surface area contributed by atoms with Crippen LogP contribution in [0.4, 0.5) is 17.6 Å². The molecule has 0 amide bonds. The van der Waals surface area contributed by atoms with Crippen LogP contribution in [0.25, 0.3) is 0 Å². The van der Waals surface area contributed by atoms with Gasteiger partial charge in [-0.15, -0.1) is 0 Å². The second kappa shape index (κ2) is 9.88. The van der Waals surface area contributed by atoms with Crippen LogP contribution in [0.1, 0.15) is 78.1 Å². The first-order chi connectivity index (χ1) is 17.9. The number of carbonyl (C=O) groups excluding carboxylic acids is 4. The van der Waals surface area contributed by atoms with Crippen LogP contribution in [0.3, 0.4) is 0 Å². The largest absolute Gasteiger partial charge is 0.743 e. The van der Waals surface area contributed by atoms with E-state index in [4.69, 9.17) is 0 Å². The normalized spacial score (nSPS) is 37.2. The highest BCUT2D eigenvalue weighted by Gasteiger charge is 2.65. The molecule has 0 bridgehead atoms. The molecule has 0 heterocycles. The molecule has 0 saturated heterocycles. The highest BCUT2D eigenvalue weighted by Crippen LogP contribution is 2.65. The predicted octanol–water partition coefficient (Wildman–Crippen LogP) is 4.06. The maximum atomic E-state index is 13.6. The molecule has 8 nitrogen and oxygen atoms in total. The van der Waals surface area contributed by atoms with Gasteiger partial charge in [-0.3, -0.25) is 19.2 Å². The Labute approximate surface area is 224 Å². The summed E-state index contributed by atoms with van der Waals surface area (Å²) in [6.45, 7) is 2.69. The van der Waals surface area contributed by atoms with Gasteiger partial charge >= 0.3 is 17.1 Å². The van der Waals surface area contributed by atoms with Crippen molar-refractivity contribution in [3.8, 4) is 0 Å². The Kier molecular flexibility index (Phi) is 7.62. The molecular weight excluding hydrogens is 548 g/mol. The molecule has 4 saturated carbocycles. The first-order valence-corrected chi connectivity index (χ1v) is 14.7. The third-order valence-electron chi connectivity index (χ3n) is 10.4. The summed E-state index contributed by atoms with van der Waals surface area (Å²) in [5.41, 5.74) is -1.13. The summed E-state index contributed by atoms with van der Waals surface area (Å²) < 4.78 is 89.6. The Balaban J connectivity index is 1.38. The second-order valence-corrected chi connectivity index (χ2v) is 13.6. The van der Waals surface area contributed by atoms with Gasteiger partial charge in [0, 0.05) is 43.4 Å². The Hall–Kier alpha value is -1.89. The maximum Gasteiger partial charge on any atom is 0.396 e. The molecule has 0 N–H and O–H groups in total. The third kappa shape index (κ3) is 4.85. The van der Waals surface area contributed by atoms with E-state index in [1.807, 2.05) is 6.92 Å². The summed E-state index contributed by atoms with van der Waals surface area (Å²) in [6, 6.07) is 0. The van der Waals surface area contributed by atoms with Crippen molar-refractivity contribution in [2.75, 3.05) is 6.61 Å². The molecule has 0 aromatic heterocycles. The standard InChI is InChI=1S/C26H34F4O8S/c1-23-8-7-16(31)11-15(23)12-19(32)22-17-5-3-14(24(17,2)20(33)13-18(22)23)4-6-21(34)38-10-9-25(27,28)26(29,30)39(35,36)37/h14-15,17-18,22H,3-13H2,1-2H3,(H,35,36,37)/p-1/t14?,15?,17?,18?,22?,23-,24+/m0/s1. The van der Waals surface area contributed by atoms with Gasteiger partial charge in [0.2, 0.25) is 0 Å². The van der Waals surface area contributed by atoms with E-state index in [0.717, 1.165) is 0 Å². The Morgan fingerprint density at radius 2 is 1.72 bits per heavy atom. The molecule has 220 valence electrons. The molecule has 0 spiro atoms. The van der Waals surface area contributed by atoms with Gasteiger partial charge in [-0.2, -0.15) is 17.6 Å². The van der Waals surface area contributed by atoms with E-state index in [1.165, 1.54) is 0 Å². The van der Waals surface area contributed by atoms with Crippen LogP contribution in [0.15, 0.2) is 0 Å². The molecule has 4 aliphatic rings. The van der Waals surface area contributed by atoms with Gasteiger partial charge in [0.1, 0.15) is 17.3 Å². The summed E-state index contributed by atoms with van der Waals surface area (Å²) in [7, 11) is -6.63. The molecule has 4 fully saturated rings. The number of Topliss-reactive ketones (excluding diaryl/α,β-unsaturated/α-hetero) is 3. The molecule has 0 aliphatic heterocycles. The lowest BCUT2D eigenvalue weighted by molar-refractivity contribution is -0.175. The van der Waals surface area contributed by atoms with Crippen molar-refractivity contribution in [1.82, 2.24) is 0 Å². The molecular formula is C26H33F4O8S-. The monoisotopic (exact) mass is 581 g/mol. The Morgan fingerprint density at radius 3 is 2.36 bits per heavy atom. The molecule has 13 heteroatoms. The fraction of sp³-hybridized carbons (Fsp3) is 0.846. The van der Waals surface area contributed by atoms with Crippen molar-refractivity contribution in [1.29, 1.82) is 0 Å². The molecule has 39 heavy (non-hydrogen) atoms. The van der Waals surface area contributed by atoms with E-state index in [-0.39, 0.29) is 71.6 Å². The van der Waals surface area contributed by atoms with Gasteiger partial charge in [-0.05, 0) is 54.8 Å². The van der Waals surface area contributed by atoms with E-state index in [2.05, 4.69) is 11.7 Å². The Morgan fingerprint density at radius 1 is 1.05 bits per heavy atom. The average Bonchev–Trinajstić information content (AvgIpc) is 3.16. The lowest BCUT2D eigenvalue weighted by Gasteiger charge is -2.58. The number of hydrogen-bond acceptors (Lipinski definition) is 8. The molecule has 5 unspecified atom stereocenters. The van der Waals surface area contributed by atoms with Crippen LogP contribution >= 0.6 is 0 Å². The Bertz CT molecular complexity index is 1170. The minimum Gasteiger partial charge on any atom is -0.743 e. The van der Waals surface area contributed by atoms with Crippen molar-refractivity contribution in [2.24, 2.45) is 40.4 Å². The SMILES string of the molecule is C[C@]12CCC(=O)CC1CC(=O)C1C2CC(=O)[C@]2(C)C(CCC(=O)OCCC(F)(F)C(F)(F)S(=O)(=O)[O-])CCC12. The number of fused-ring (bicyclic) bond motifs is 5. The van der Waals surface area contributed by atoms with Crippen molar-refractivity contribution in [3.05, 3.63) is 0 Å². The zero-order chi connectivity index (χ0) is 29.2. The smallest absolute Gasteiger partial charge is 0.396 e. The zero-order valence-corrected chi connectivity index (χ0v) is 22.7. The van der Waals surface area contributed by atoms with Gasteiger partial charge in [-0.1, -0.05) is 13.8 Å². The van der Waals surface area contributed by atoms with Gasteiger partial charge < -0.3 is 9.29 Å². The molecule has 0 radical (unpaired) electrons. The number of esters is 1. The number of rotatable bonds is 8. The third-order valence-corrected chi connectivity index (χ3v) is 11.4. The molecule has 0 aromatic carbocycles. The maximum absolute atomic E-state index is 13.6. The van der Waals surface area contributed by atoms with Crippen LogP contribution in [-0.2, 0) is 34.0 Å². The van der Waals surface area contributed by atoms with E-state index in [1.54, 1.807) is 0 Å². The summed E-state index contributed by atoms with van der Waals surface area (Å²) >= 11 is 0. The van der Waals surface area contributed by atoms with E-state index >= 15 is 0 Å². The van der Waals surface area contributed by atoms with Crippen molar-refractivity contribution in [2.45, 2.75) is 89.2 Å². The number of ether oxygens (including phenoxy) is 1. The summed E-state index contributed by atoms with van der Waals surface area (Å²) in [5, 5.41) is -5.85. The van der Waals surface area contributed by atoms with Crippen LogP contribution in [0.2, 0.25) is 0 Å². The fourth-order valence-corrected chi connectivity index (χ4v) is 8.48. The van der Waals surface area contributed by atoms with Crippen molar-refractivity contribution in [3.63, 3.8) is 0 Å². The lowest BCUT2D eigenvalue weighted by Crippen LogP contribution is -2.59. The van der Waals surface area contributed by atoms with Crippen molar-refractivity contribution >= 4 is 33.4 Å². The van der Waals surface area contributed by atoms with E-state index in [9.17, 15) is 49.7 Å². The second-order valence-electron chi connectivity index (χ2n) is 12.2. The molecule has 0 aromatic rings. The average molecular weight is 582 g/mol. The van der Waals surface area contributed by atoms with Gasteiger partial charge in [0.05, 0.1) is 13.0 Å². The minimum absolute atomic E-state index is 0.0110. The summed E-state index contributed by atoms with van der Waals surface area (Å²) in [4.78, 5) is 51.2. The minimum atomic E-state index is -6.63. The van der Waals surface area contributed by atoms with Gasteiger partial charge in [0.25, 0.3) is 0 Å². The number of carbonyl (C=O) groups is 4. The fourth-order valence-electron chi connectivity index (χ4n) is 8.01. The number of hydrogen-bond donors (Lipinski definition) is 0. The van der Waals surface area contributed by atoms with Gasteiger partial charge in [-0.25, -0.2) is 8.42 Å². The number of ketones is 3. The summed E-state index contributed by atoms with van der Waals surface area (Å²) in [5.74, 6) is -6.94. The topological polar surface area (TPSA) is 135 Å². The molecule has 4 rings (SSSR count). The predicted molar refractivity (Wildman–Crippen MR) is 125 cm³/mol. The lowest BCUT2D eigenvalue weighted by atomic mass is 9.44. The first-order valence-electron chi connectivity index (χ1n) is 13.3. The highest BCUT2D eigenvalue weighted by molar-refractivity contribution is 7.86. The molecule has 4 aliphatic carbocycles.